The minimum absolute atomic E-state index is 0.0564. The molecule has 1 aromatic heterocycles. The maximum atomic E-state index is 13.7. The number of amides is 1. The fourth-order valence-corrected chi connectivity index (χ4v) is 4.49. The van der Waals surface area contributed by atoms with Crippen LogP contribution in [0.15, 0.2) is 24.3 Å². The Morgan fingerprint density at radius 3 is 2.50 bits per heavy atom. The van der Waals surface area contributed by atoms with E-state index in [0.29, 0.717) is 50.3 Å². The van der Waals surface area contributed by atoms with Crippen LogP contribution in [0.25, 0.3) is 0 Å². The molecule has 2 fully saturated rings. The first-order valence-corrected chi connectivity index (χ1v) is 11.7. The van der Waals surface area contributed by atoms with Crippen LogP contribution in [0.4, 0.5) is 13.2 Å². The molecular weight excluding hydrogens is 447 g/mol. The van der Waals surface area contributed by atoms with Gasteiger partial charge in [0.25, 0.3) is 5.91 Å². The van der Waals surface area contributed by atoms with Crippen LogP contribution in [0, 0.1) is 6.92 Å². The molecule has 4 rings (SSSR count). The minimum Gasteiger partial charge on any atom is -0.487 e. The number of ether oxygens (including phenoxy) is 1. The molecule has 2 saturated heterocycles. The second kappa shape index (κ2) is 9.58. The van der Waals surface area contributed by atoms with Gasteiger partial charge in [-0.1, -0.05) is 6.07 Å². The summed E-state index contributed by atoms with van der Waals surface area (Å²) < 4.78 is 48.8. The molecule has 0 aliphatic carbocycles. The first-order chi connectivity index (χ1) is 16.0. The van der Waals surface area contributed by atoms with Crippen molar-refractivity contribution in [1.82, 2.24) is 20.0 Å². The maximum absolute atomic E-state index is 13.7. The fourth-order valence-electron chi connectivity index (χ4n) is 4.49. The molecule has 2 aliphatic heterocycles. The van der Waals surface area contributed by atoms with Gasteiger partial charge in [-0.05, 0) is 56.6 Å². The topological polar surface area (TPSA) is 59.4 Å². The lowest BCUT2D eigenvalue weighted by atomic mass is 10.1. The Morgan fingerprint density at radius 2 is 1.85 bits per heavy atom. The molecule has 1 aromatic carbocycles. The Morgan fingerprint density at radius 1 is 1.18 bits per heavy atom. The van der Waals surface area contributed by atoms with E-state index in [1.807, 2.05) is 11.8 Å². The van der Waals surface area contributed by atoms with Crippen LogP contribution in [-0.4, -0.2) is 78.4 Å². The molecule has 1 N–H and O–H groups in total. The number of nitrogens with one attached hydrogen (secondary N) is 1. The number of rotatable bonds is 5. The highest BCUT2D eigenvalue weighted by Gasteiger charge is 2.38. The van der Waals surface area contributed by atoms with E-state index in [4.69, 9.17) is 4.74 Å². The highest BCUT2D eigenvalue weighted by molar-refractivity contribution is 5.94. The van der Waals surface area contributed by atoms with Gasteiger partial charge in [0.1, 0.15) is 23.7 Å². The second-order valence-electron chi connectivity index (χ2n) is 9.89. The summed E-state index contributed by atoms with van der Waals surface area (Å²) in [7, 11) is 4.30. The van der Waals surface area contributed by atoms with Crippen molar-refractivity contribution in [3.05, 3.63) is 46.8 Å². The zero-order valence-electron chi connectivity index (χ0n) is 20.0. The zero-order chi connectivity index (χ0) is 24.5. The van der Waals surface area contributed by atoms with Gasteiger partial charge in [-0.3, -0.25) is 9.48 Å². The molecule has 2 aromatic rings. The number of hydrogen-bond donors (Lipinski definition) is 1. The van der Waals surface area contributed by atoms with E-state index in [9.17, 15) is 18.0 Å². The molecule has 0 bridgehead atoms. The molecule has 186 valence electrons. The third kappa shape index (κ3) is 5.55. The van der Waals surface area contributed by atoms with E-state index >= 15 is 0 Å². The van der Waals surface area contributed by atoms with Crippen LogP contribution in [-0.2, 0) is 12.8 Å². The van der Waals surface area contributed by atoms with E-state index in [1.165, 1.54) is 0 Å². The van der Waals surface area contributed by atoms with Crippen LogP contribution in [0.5, 0.6) is 5.75 Å². The average Bonchev–Trinajstić information content (AvgIpc) is 3.24. The third-order valence-corrected chi connectivity index (χ3v) is 6.78. The van der Waals surface area contributed by atoms with Crippen molar-refractivity contribution in [3.63, 3.8) is 0 Å². The summed E-state index contributed by atoms with van der Waals surface area (Å²) >= 11 is 0. The van der Waals surface area contributed by atoms with Crippen LogP contribution in [0.1, 0.15) is 46.2 Å². The normalized spacial score (nSPS) is 19.3. The summed E-state index contributed by atoms with van der Waals surface area (Å²) in [5.41, 5.74) is 0.800. The van der Waals surface area contributed by atoms with Crippen LogP contribution in [0.2, 0.25) is 0 Å². The van der Waals surface area contributed by atoms with Crippen molar-refractivity contribution in [3.8, 4) is 5.75 Å². The van der Waals surface area contributed by atoms with Gasteiger partial charge in [0.15, 0.2) is 0 Å². The number of aromatic nitrogens is 2. The monoisotopic (exact) mass is 480 g/mol. The number of piperidine rings is 1. The predicted molar refractivity (Wildman–Crippen MR) is 122 cm³/mol. The predicted octanol–water partition coefficient (Wildman–Crippen LogP) is 3.25. The van der Waals surface area contributed by atoms with Gasteiger partial charge in [0.2, 0.25) is 0 Å². The molecule has 0 spiro atoms. The van der Waals surface area contributed by atoms with Crippen LogP contribution in [0.3, 0.4) is 0 Å². The summed E-state index contributed by atoms with van der Waals surface area (Å²) in [4.78, 5) is 14.8. The number of nitrogens with zero attached hydrogens (tertiary/aromatic N) is 4. The lowest BCUT2D eigenvalue weighted by Gasteiger charge is -2.39. The summed E-state index contributed by atoms with van der Waals surface area (Å²) in [6.45, 7) is 6.23. The molecule has 1 amide bonds. The number of hydrogen-bond acceptors (Lipinski definition) is 4. The number of piperazine rings is 1. The van der Waals surface area contributed by atoms with E-state index in [1.54, 1.807) is 18.2 Å². The van der Waals surface area contributed by atoms with Crippen molar-refractivity contribution in [2.75, 3.05) is 53.4 Å². The molecular formula is C24H33F3N5O2+. The molecule has 0 radical (unpaired) electrons. The number of carbonyl (C=O) groups is 1. The zero-order valence-corrected chi connectivity index (χ0v) is 20.0. The number of likely N-dealkylation sites (N-methyl/N-ethyl adjacent to an activating group) is 1. The Hall–Kier alpha value is -2.59. The first kappa shape index (κ1) is 24.5. The molecule has 10 heteroatoms. The Bertz CT molecular complexity index is 1020. The molecule has 0 atom stereocenters. The van der Waals surface area contributed by atoms with Gasteiger partial charge < -0.3 is 19.4 Å². The molecule has 3 heterocycles. The minimum atomic E-state index is -4.49. The standard InChI is InChI=1S/C24H33F3N5O2/c1-17-4-5-18(23(33)30-10-12-32(2,3)13-11-30)14-21(17)34-16-19-15-22(24(25,26)27)31(29-19)20-6-8-28-9-7-20/h4-5,14-15,20,28H,6-13,16H2,1-3H3/q+1. The Kier molecular flexibility index (Phi) is 6.91. The number of carbonyl (C=O) groups excluding carboxylic acids is 1. The number of alkyl halides is 3. The van der Waals surface area contributed by atoms with Gasteiger partial charge in [-0.2, -0.15) is 18.3 Å². The molecule has 2 aliphatic rings. The quantitative estimate of drug-likeness (QED) is 0.668. The van der Waals surface area contributed by atoms with E-state index < -0.39 is 11.9 Å². The van der Waals surface area contributed by atoms with Crippen molar-refractivity contribution in [1.29, 1.82) is 0 Å². The fraction of sp³-hybridized carbons (Fsp3) is 0.583. The summed E-state index contributed by atoms with van der Waals surface area (Å²) in [6, 6.07) is 6.04. The van der Waals surface area contributed by atoms with Gasteiger partial charge in [-0.15, -0.1) is 0 Å². The van der Waals surface area contributed by atoms with Crippen LogP contribution < -0.4 is 10.1 Å². The average molecular weight is 481 g/mol. The SMILES string of the molecule is Cc1ccc(C(=O)N2CC[N+](C)(C)CC2)cc1OCc1cc(C(F)(F)F)n(C2CCNCC2)n1. The lowest BCUT2D eigenvalue weighted by molar-refractivity contribution is -0.894. The highest BCUT2D eigenvalue weighted by Crippen LogP contribution is 2.34. The largest absolute Gasteiger partial charge is 0.487 e. The van der Waals surface area contributed by atoms with Crippen LogP contribution >= 0.6 is 0 Å². The molecule has 34 heavy (non-hydrogen) atoms. The van der Waals surface area contributed by atoms with Crippen molar-refractivity contribution >= 4 is 5.91 Å². The van der Waals surface area contributed by atoms with E-state index in [2.05, 4.69) is 24.5 Å². The smallest absolute Gasteiger partial charge is 0.433 e. The Balaban J connectivity index is 1.48. The second-order valence-corrected chi connectivity index (χ2v) is 9.89. The maximum Gasteiger partial charge on any atom is 0.433 e. The number of benzene rings is 1. The molecule has 0 saturated carbocycles. The van der Waals surface area contributed by atoms with Crippen molar-refractivity contribution in [2.45, 2.75) is 38.6 Å². The number of halogens is 3. The third-order valence-electron chi connectivity index (χ3n) is 6.78. The molecule has 0 unspecified atom stereocenters. The number of aryl methyl sites for hydroxylation is 1. The Labute approximate surface area is 198 Å². The van der Waals surface area contributed by atoms with Gasteiger partial charge in [-0.25, -0.2) is 0 Å². The van der Waals surface area contributed by atoms with E-state index in [0.717, 1.165) is 33.9 Å². The lowest BCUT2D eigenvalue weighted by Crippen LogP contribution is -2.56. The van der Waals surface area contributed by atoms with Crippen molar-refractivity contribution < 1.29 is 27.2 Å². The van der Waals surface area contributed by atoms with Gasteiger partial charge >= 0.3 is 6.18 Å². The summed E-state index contributed by atoms with van der Waals surface area (Å²) in [5, 5.41) is 7.42. The van der Waals surface area contributed by atoms with Crippen molar-refractivity contribution in [2.24, 2.45) is 0 Å². The first-order valence-electron chi connectivity index (χ1n) is 11.7. The highest BCUT2D eigenvalue weighted by atomic mass is 19.4. The number of quaternary nitrogens is 1. The summed E-state index contributed by atoms with van der Waals surface area (Å²) in [6.07, 6.45) is -3.29. The molecule has 7 nitrogen and oxygen atoms in total. The van der Waals surface area contributed by atoms with E-state index in [-0.39, 0.29) is 24.2 Å². The summed E-state index contributed by atoms with van der Waals surface area (Å²) in [5.74, 6) is 0.419. The van der Waals surface area contributed by atoms with Gasteiger partial charge in [0, 0.05) is 5.56 Å². The van der Waals surface area contributed by atoms with Gasteiger partial charge in [0.05, 0.1) is 46.3 Å².